The minimum absolute atomic E-state index is 0.170. The Labute approximate surface area is 107 Å². The molecule has 0 radical (unpaired) electrons. The number of fused-ring (bicyclic) bond motifs is 1. The molecule has 1 aromatic heterocycles. The molecule has 0 amide bonds. The molecule has 0 atom stereocenters. The molecule has 1 aliphatic rings. The highest BCUT2D eigenvalue weighted by Gasteiger charge is 2.27. The van der Waals surface area contributed by atoms with Gasteiger partial charge in [0.05, 0.1) is 12.7 Å². The second-order valence-corrected chi connectivity index (χ2v) is 4.24. The van der Waals surface area contributed by atoms with Gasteiger partial charge in [-0.1, -0.05) is 4.49 Å². The van der Waals surface area contributed by atoms with Crippen molar-refractivity contribution in [3.8, 4) is 11.5 Å². The van der Waals surface area contributed by atoms with Gasteiger partial charge in [-0.2, -0.15) is 0 Å². The minimum Gasteiger partial charge on any atom is -0.497 e. The highest BCUT2D eigenvalue weighted by atomic mass is 32.1. The van der Waals surface area contributed by atoms with Crippen molar-refractivity contribution in [3.05, 3.63) is 40.6 Å². The Morgan fingerprint density at radius 1 is 1.44 bits per heavy atom. The lowest BCUT2D eigenvalue weighted by molar-refractivity contribution is 0.101. The molecule has 0 N–H and O–H groups in total. The summed E-state index contributed by atoms with van der Waals surface area (Å²) in [5, 5.41) is 5.59. The number of methoxy groups -OCH3 is 1. The fourth-order valence-electron chi connectivity index (χ4n) is 1.66. The zero-order chi connectivity index (χ0) is 12.5. The maximum Gasteiger partial charge on any atom is 0.232 e. The Hall–Kier alpha value is -2.21. The number of rotatable bonds is 2. The van der Waals surface area contributed by atoms with Crippen molar-refractivity contribution in [2.75, 3.05) is 7.11 Å². The molecule has 1 aromatic carbocycles. The van der Waals surface area contributed by atoms with Crippen LogP contribution in [0.4, 0.5) is 0 Å². The largest absolute Gasteiger partial charge is 0.497 e. The molecular weight excluding hydrogens is 252 g/mol. The summed E-state index contributed by atoms with van der Waals surface area (Å²) < 4.78 is 14.3. The summed E-state index contributed by atoms with van der Waals surface area (Å²) in [5.74, 6) is 1.25. The van der Waals surface area contributed by atoms with E-state index >= 15 is 0 Å². The number of ether oxygens (including phenoxy) is 2. The van der Waals surface area contributed by atoms with E-state index in [0.717, 1.165) is 0 Å². The summed E-state index contributed by atoms with van der Waals surface area (Å²) in [6.45, 7) is 0. The molecule has 0 bridgehead atoms. The third-order valence-electron chi connectivity index (χ3n) is 2.53. The van der Waals surface area contributed by atoms with Gasteiger partial charge in [-0.05, 0) is 29.7 Å². The molecule has 2 heterocycles. The van der Waals surface area contributed by atoms with Gasteiger partial charge in [-0.15, -0.1) is 5.10 Å². The lowest BCUT2D eigenvalue weighted by Gasteiger charge is -2.00. The van der Waals surface area contributed by atoms with E-state index in [-0.39, 0.29) is 11.5 Å². The number of aromatic nitrogens is 2. The molecule has 2 aromatic rings. The summed E-state index contributed by atoms with van der Waals surface area (Å²) in [7, 11) is 1.56. The first kappa shape index (κ1) is 10.9. The van der Waals surface area contributed by atoms with Crippen LogP contribution in [0.3, 0.4) is 0 Å². The summed E-state index contributed by atoms with van der Waals surface area (Å²) in [4.78, 5) is 12.1. The Balaban J connectivity index is 1.99. The molecule has 1 aliphatic heterocycles. The smallest absolute Gasteiger partial charge is 0.232 e. The van der Waals surface area contributed by atoms with E-state index in [9.17, 15) is 4.79 Å². The van der Waals surface area contributed by atoms with Crippen molar-refractivity contribution >= 4 is 23.4 Å². The molecule has 6 heteroatoms. The topological polar surface area (TPSA) is 61.3 Å². The molecule has 90 valence electrons. The van der Waals surface area contributed by atoms with Crippen LogP contribution in [-0.2, 0) is 0 Å². The molecule has 0 saturated carbocycles. The predicted molar refractivity (Wildman–Crippen MR) is 65.8 cm³/mol. The van der Waals surface area contributed by atoms with Gasteiger partial charge in [0.1, 0.15) is 17.2 Å². The Morgan fingerprint density at radius 3 is 3.06 bits per heavy atom. The molecule has 0 unspecified atom stereocenters. The van der Waals surface area contributed by atoms with Gasteiger partial charge in [0.2, 0.25) is 5.78 Å². The number of carbonyl (C=O) groups is 1. The number of nitrogens with zero attached hydrogens (tertiary/aromatic N) is 2. The minimum atomic E-state index is -0.170. The zero-order valence-electron chi connectivity index (χ0n) is 9.41. The van der Waals surface area contributed by atoms with Gasteiger partial charge < -0.3 is 9.47 Å². The molecule has 18 heavy (non-hydrogen) atoms. The third-order valence-corrected chi connectivity index (χ3v) is 3.05. The van der Waals surface area contributed by atoms with Crippen molar-refractivity contribution in [1.82, 2.24) is 9.59 Å². The van der Waals surface area contributed by atoms with Gasteiger partial charge in [-0.25, -0.2) is 0 Å². The number of benzene rings is 1. The summed E-state index contributed by atoms with van der Waals surface area (Å²) in [6.07, 6.45) is 1.58. The van der Waals surface area contributed by atoms with Crippen LogP contribution in [0.2, 0.25) is 0 Å². The van der Waals surface area contributed by atoms with E-state index in [1.165, 1.54) is 11.5 Å². The highest BCUT2D eigenvalue weighted by molar-refractivity contribution is 7.03. The van der Waals surface area contributed by atoms with Crippen LogP contribution < -0.4 is 9.47 Å². The number of hydrogen-bond donors (Lipinski definition) is 0. The standard InChI is InChI=1S/C12H8N2O3S/c1-16-8-2-3-10-9(5-8)12(15)11(17-10)4-7-6-18-14-13-7/h2-6H,1H3. The van der Waals surface area contributed by atoms with Crippen molar-refractivity contribution < 1.29 is 14.3 Å². The maximum atomic E-state index is 12.1. The SMILES string of the molecule is COc1ccc2c(c1)C(=O)C(=Cc1csnn1)O2. The second kappa shape index (κ2) is 4.23. The van der Waals surface area contributed by atoms with E-state index in [4.69, 9.17) is 9.47 Å². The average molecular weight is 260 g/mol. The summed E-state index contributed by atoms with van der Waals surface area (Å²) in [6, 6.07) is 5.13. The lowest BCUT2D eigenvalue weighted by Crippen LogP contribution is -1.98. The Kier molecular flexibility index (Phi) is 2.56. The highest BCUT2D eigenvalue weighted by Crippen LogP contribution is 2.34. The molecule has 0 aliphatic carbocycles. The van der Waals surface area contributed by atoms with Gasteiger partial charge in [0, 0.05) is 11.5 Å². The number of allylic oxidation sites excluding steroid dienone is 1. The first-order valence-electron chi connectivity index (χ1n) is 5.17. The molecule has 0 spiro atoms. The third kappa shape index (κ3) is 1.76. The molecule has 3 rings (SSSR count). The zero-order valence-corrected chi connectivity index (χ0v) is 10.2. The van der Waals surface area contributed by atoms with E-state index in [1.807, 2.05) is 0 Å². The first-order chi connectivity index (χ1) is 8.78. The normalized spacial score (nSPS) is 15.6. The van der Waals surface area contributed by atoms with Crippen LogP contribution in [0, 0.1) is 0 Å². The maximum absolute atomic E-state index is 12.1. The first-order valence-corrected chi connectivity index (χ1v) is 6.01. The van der Waals surface area contributed by atoms with Gasteiger partial charge >= 0.3 is 0 Å². The summed E-state index contributed by atoms with van der Waals surface area (Å²) >= 11 is 1.22. The Morgan fingerprint density at radius 2 is 2.33 bits per heavy atom. The number of hydrogen-bond acceptors (Lipinski definition) is 6. The number of Topliss-reactive ketones (excluding diaryl/α,β-unsaturated/α-hetero) is 1. The van der Waals surface area contributed by atoms with Crippen LogP contribution in [0.15, 0.2) is 29.3 Å². The lowest BCUT2D eigenvalue weighted by atomic mass is 10.1. The van der Waals surface area contributed by atoms with Gasteiger partial charge in [0.15, 0.2) is 5.76 Å². The van der Waals surface area contributed by atoms with E-state index in [1.54, 1.807) is 36.8 Å². The average Bonchev–Trinajstić information content (AvgIpc) is 2.99. The number of carbonyl (C=O) groups excluding carboxylic acids is 1. The summed E-state index contributed by atoms with van der Waals surface area (Å²) in [5.41, 5.74) is 1.12. The molecule has 0 saturated heterocycles. The van der Waals surface area contributed by atoms with Gasteiger partial charge in [-0.3, -0.25) is 4.79 Å². The number of ketones is 1. The predicted octanol–water partition coefficient (Wildman–Crippen LogP) is 2.16. The van der Waals surface area contributed by atoms with Crippen molar-refractivity contribution in [2.24, 2.45) is 0 Å². The van der Waals surface area contributed by atoms with Crippen molar-refractivity contribution in [1.29, 1.82) is 0 Å². The van der Waals surface area contributed by atoms with E-state index in [0.29, 0.717) is 22.8 Å². The fraction of sp³-hybridized carbons (Fsp3) is 0.0833. The van der Waals surface area contributed by atoms with E-state index in [2.05, 4.69) is 9.59 Å². The van der Waals surface area contributed by atoms with Crippen molar-refractivity contribution in [3.63, 3.8) is 0 Å². The monoisotopic (exact) mass is 260 g/mol. The fourth-order valence-corrected chi connectivity index (χ4v) is 2.08. The second-order valence-electron chi connectivity index (χ2n) is 3.63. The van der Waals surface area contributed by atoms with E-state index < -0.39 is 0 Å². The molecule has 5 nitrogen and oxygen atoms in total. The quantitative estimate of drug-likeness (QED) is 0.774. The van der Waals surface area contributed by atoms with Crippen LogP contribution in [0.1, 0.15) is 16.1 Å². The van der Waals surface area contributed by atoms with Crippen LogP contribution in [-0.4, -0.2) is 22.5 Å². The van der Waals surface area contributed by atoms with Crippen LogP contribution in [0.5, 0.6) is 11.5 Å². The molecule has 0 fully saturated rings. The Bertz CT molecular complexity index is 635. The van der Waals surface area contributed by atoms with Gasteiger partial charge in [0.25, 0.3) is 0 Å². The van der Waals surface area contributed by atoms with Crippen LogP contribution >= 0.6 is 11.5 Å². The van der Waals surface area contributed by atoms with Crippen LogP contribution in [0.25, 0.3) is 6.08 Å². The van der Waals surface area contributed by atoms with Crippen molar-refractivity contribution in [2.45, 2.75) is 0 Å². The molecular formula is C12H8N2O3S.